The lowest BCUT2D eigenvalue weighted by molar-refractivity contribution is 0.0573. The third kappa shape index (κ3) is 8.52. The van der Waals surface area contributed by atoms with E-state index in [1.54, 1.807) is 0 Å². The SMILES string of the molecule is CCCCC(COC(C)C)NC(C)C. The Morgan fingerprint density at radius 3 is 2.21 bits per heavy atom. The van der Waals surface area contributed by atoms with Gasteiger partial charge < -0.3 is 10.1 Å². The van der Waals surface area contributed by atoms with Crippen LogP contribution in [0.1, 0.15) is 53.9 Å². The lowest BCUT2D eigenvalue weighted by atomic mass is 10.1. The zero-order valence-corrected chi connectivity index (χ0v) is 10.5. The van der Waals surface area contributed by atoms with Gasteiger partial charge in [-0.2, -0.15) is 0 Å². The Bertz CT molecular complexity index is 123. The molecule has 0 amide bonds. The molecule has 0 saturated heterocycles. The van der Waals surface area contributed by atoms with Gasteiger partial charge in [-0.05, 0) is 20.3 Å². The molecule has 0 aliphatic heterocycles. The van der Waals surface area contributed by atoms with Gasteiger partial charge in [0, 0.05) is 12.1 Å². The molecule has 0 aliphatic carbocycles. The van der Waals surface area contributed by atoms with Crippen molar-refractivity contribution in [3.8, 4) is 0 Å². The van der Waals surface area contributed by atoms with Crippen LogP contribution < -0.4 is 5.32 Å². The minimum atomic E-state index is 0.341. The van der Waals surface area contributed by atoms with E-state index in [2.05, 4.69) is 39.9 Å². The van der Waals surface area contributed by atoms with Crippen LogP contribution >= 0.6 is 0 Å². The van der Waals surface area contributed by atoms with E-state index in [0.717, 1.165) is 6.61 Å². The molecule has 0 aromatic rings. The van der Waals surface area contributed by atoms with Gasteiger partial charge in [0.2, 0.25) is 0 Å². The van der Waals surface area contributed by atoms with Crippen molar-refractivity contribution in [2.45, 2.75) is 72.1 Å². The largest absolute Gasteiger partial charge is 0.377 e. The summed E-state index contributed by atoms with van der Waals surface area (Å²) >= 11 is 0. The van der Waals surface area contributed by atoms with Crippen LogP contribution in [-0.4, -0.2) is 24.8 Å². The van der Waals surface area contributed by atoms with Crippen molar-refractivity contribution in [3.63, 3.8) is 0 Å². The summed E-state index contributed by atoms with van der Waals surface area (Å²) in [5, 5.41) is 3.54. The zero-order valence-electron chi connectivity index (χ0n) is 10.5. The molecule has 2 heteroatoms. The molecule has 86 valence electrons. The first-order valence-corrected chi connectivity index (χ1v) is 5.93. The number of nitrogens with one attached hydrogen (secondary N) is 1. The zero-order chi connectivity index (χ0) is 11.0. The smallest absolute Gasteiger partial charge is 0.0623 e. The maximum Gasteiger partial charge on any atom is 0.0623 e. The van der Waals surface area contributed by atoms with Crippen molar-refractivity contribution in [2.75, 3.05) is 6.61 Å². The van der Waals surface area contributed by atoms with Crippen molar-refractivity contribution < 1.29 is 4.74 Å². The van der Waals surface area contributed by atoms with E-state index in [1.807, 2.05) is 0 Å². The Morgan fingerprint density at radius 1 is 1.14 bits per heavy atom. The Hall–Kier alpha value is -0.0800. The molecule has 0 spiro atoms. The Balaban J connectivity index is 3.72. The molecule has 0 fully saturated rings. The molecule has 0 saturated carbocycles. The van der Waals surface area contributed by atoms with Crippen molar-refractivity contribution in [3.05, 3.63) is 0 Å². The highest BCUT2D eigenvalue weighted by Crippen LogP contribution is 2.03. The minimum Gasteiger partial charge on any atom is -0.377 e. The van der Waals surface area contributed by atoms with Crippen LogP contribution in [0.3, 0.4) is 0 Å². The van der Waals surface area contributed by atoms with Crippen LogP contribution in [0.2, 0.25) is 0 Å². The van der Waals surface area contributed by atoms with Crippen LogP contribution in [0, 0.1) is 0 Å². The number of ether oxygens (including phenoxy) is 1. The van der Waals surface area contributed by atoms with Crippen molar-refractivity contribution >= 4 is 0 Å². The molecule has 0 radical (unpaired) electrons. The molecule has 1 N–H and O–H groups in total. The van der Waals surface area contributed by atoms with Gasteiger partial charge in [0.05, 0.1) is 12.7 Å². The topological polar surface area (TPSA) is 21.3 Å². The monoisotopic (exact) mass is 201 g/mol. The third-order valence-corrected chi connectivity index (χ3v) is 2.11. The molecule has 0 aromatic heterocycles. The number of unbranched alkanes of at least 4 members (excludes halogenated alkanes) is 1. The van der Waals surface area contributed by atoms with Crippen LogP contribution in [0.4, 0.5) is 0 Å². The quantitative estimate of drug-likeness (QED) is 0.652. The van der Waals surface area contributed by atoms with Gasteiger partial charge in [0.15, 0.2) is 0 Å². The standard InChI is InChI=1S/C12H27NO/c1-6-7-8-12(13-10(2)3)9-14-11(4)5/h10-13H,6-9H2,1-5H3. The summed E-state index contributed by atoms with van der Waals surface area (Å²) in [6.45, 7) is 11.6. The van der Waals surface area contributed by atoms with Gasteiger partial charge in [0.25, 0.3) is 0 Å². The summed E-state index contributed by atoms with van der Waals surface area (Å²) < 4.78 is 5.64. The summed E-state index contributed by atoms with van der Waals surface area (Å²) in [5.41, 5.74) is 0. The van der Waals surface area contributed by atoms with Crippen molar-refractivity contribution in [1.82, 2.24) is 5.32 Å². The van der Waals surface area contributed by atoms with Crippen molar-refractivity contribution in [2.24, 2.45) is 0 Å². The summed E-state index contributed by atoms with van der Waals surface area (Å²) in [4.78, 5) is 0. The minimum absolute atomic E-state index is 0.341. The molecule has 1 unspecified atom stereocenters. The number of hydrogen-bond acceptors (Lipinski definition) is 2. The molecule has 0 heterocycles. The summed E-state index contributed by atoms with van der Waals surface area (Å²) in [5.74, 6) is 0. The Kier molecular flexibility index (Phi) is 8.20. The molecule has 0 aliphatic rings. The summed E-state index contributed by atoms with van der Waals surface area (Å²) in [6.07, 6.45) is 4.11. The van der Waals surface area contributed by atoms with E-state index in [1.165, 1.54) is 19.3 Å². The molecule has 1 atom stereocenters. The lowest BCUT2D eigenvalue weighted by Crippen LogP contribution is -2.38. The van der Waals surface area contributed by atoms with E-state index < -0.39 is 0 Å². The second-order valence-electron chi connectivity index (χ2n) is 4.54. The predicted molar refractivity (Wildman–Crippen MR) is 62.7 cm³/mol. The Labute approximate surface area is 89.4 Å². The second-order valence-corrected chi connectivity index (χ2v) is 4.54. The van der Waals surface area contributed by atoms with Crippen LogP contribution in [0.25, 0.3) is 0 Å². The van der Waals surface area contributed by atoms with Gasteiger partial charge in [-0.25, -0.2) is 0 Å². The average molecular weight is 201 g/mol. The van der Waals surface area contributed by atoms with Gasteiger partial charge in [0.1, 0.15) is 0 Å². The number of rotatable bonds is 8. The van der Waals surface area contributed by atoms with E-state index >= 15 is 0 Å². The number of hydrogen-bond donors (Lipinski definition) is 1. The highest BCUT2D eigenvalue weighted by Gasteiger charge is 2.10. The van der Waals surface area contributed by atoms with Crippen LogP contribution in [-0.2, 0) is 4.74 Å². The van der Waals surface area contributed by atoms with Crippen LogP contribution in [0.15, 0.2) is 0 Å². The molecule has 0 rings (SSSR count). The first-order valence-electron chi connectivity index (χ1n) is 5.93. The highest BCUT2D eigenvalue weighted by atomic mass is 16.5. The predicted octanol–water partition coefficient (Wildman–Crippen LogP) is 2.97. The van der Waals surface area contributed by atoms with E-state index in [0.29, 0.717) is 18.2 Å². The first-order chi connectivity index (χ1) is 6.56. The molecule has 14 heavy (non-hydrogen) atoms. The lowest BCUT2D eigenvalue weighted by Gasteiger charge is -2.22. The van der Waals surface area contributed by atoms with Gasteiger partial charge in [-0.3, -0.25) is 0 Å². The molecule has 2 nitrogen and oxygen atoms in total. The van der Waals surface area contributed by atoms with Gasteiger partial charge in [-0.15, -0.1) is 0 Å². The maximum atomic E-state index is 5.64. The summed E-state index contributed by atoms with van der Waals surface area (Å²) in [6, 6.07) is 1.07. The first kappa shape index (κ1) is 13.9. The van der Waals surface area contributed by atoms with Gasteiger partial charge >= 0.3 is 0 Å². The summed E-state index contributed by atoms with van der Waals surface area (Å²) in [7, 11) is 0. The van der Waals surface area contributed by atoms with Crippen LogP contribution in [0.5, 0.6) is 0 Å². The Morgan fingerprint density at radius 2 is 1.79 bits per heavy atom. The average Bonchev–Trinajstić information content (AvgIpc) is 2.09. The fourth-order valence-corrected chi connectivity index (χ4v) is 1.45. The maximum absolute atomic E-state index is 5.64. The third-order valence-electron chi connectivity index (χ3n) is 2.11. The van der Waals surface area contributed by atoms with E-state index in [4.69, 9.17) is 4.74 Å². The van der Waals surface area contributed by atoms with E-state index in [9.17, 15) is 0 Å². The molecular formula is C12H27NO. The fraction of sp³-hybridized carbons (Fsp3) is 1.00. The normalized spacial score (nSPS) is 13.9. The molecular weight excluding hydrogens is 174 g/mol. The van der Waals surface area contributed by atoms with Gasteiger partial charge in [-0.1, -0.05) is 33.6 Å². The molecule has 0 aromatic carbocycles. The van der Waals surface area contributed by atoms with Crippen molar-refractivity contribution in [1.29, 1.82) is 0 Å². The van der Waals surface area contributed by atoms with E-state index in [-0.39, 0.29) is 0 Å². The highest BCUT2D eigenvalue weighted by molar-refractivity contribution is 4.68. The fourth-order valence-electron chi connectivity index (χ4n) is 1.45. The second kappa shape index (κ2) is 8.25. The molecule has 0 bridgehead atoms.